The fourth-order valence-electron chi connectivity index (χ4n) is 3.32. The van der Waals surface area contributed by atoms with E-state index in [1.807, 2.05) is 11.0 Å². The molecule has 0 radical (unpaired) electrons. The predicted molar refractivity (Wildman–Crippen MR) is 93.1 cm³/mol. The number of amides is 1. The van der Waals surface area contributed by atoms with Gasteiger partial charge in [0.1, 0.15) is 0 Å². The standard InChI is InChI=1S/C17H21N5O2S/c23-16(21-8-7-13-4-1-2-5-14(13)10-21)12-25-17-18-19-20-22(17)11-15-6-3-9-24-15/h1-2,4-5,15H,3,6-12H2/t15-/m1/s1. The molecule has 2 aliphatic rings. The van der Waals surface area contributed by atoms with Gasteiger partial charge in [0.05, 0.1) is 18.4 Å². The minimum absolute atomic E-state index is 0.131. The van der Waals surface area contributed by atoms with Crippen molar-refractivity contribution in [3.8, 4) is 0 Å². The highest BCUT2D eigenvalue weighted by Crippen LogP contribution is 2.22. The van der Waals surface area contributed by atoms with Gasteiger partial charge in [-0.2, -0.15) is 0 Å². The van der Waals surface area contributed by atoms with Crippen molar-refractivity contribution in [1.29, 1.82) is 0 Å². The van der Waals surface area contributed by atoms with Gasteiger partial charge in [0.2, 0.25) is 11.1 Å². The summed E-state index contributed by atoms with van der Waals surface area (Å²) < 4.78 is 7.38. The molecule has 25 heavy (non-hydrogen) atoms. The number of rotatable bonds is 5. The fraction of sp³-hybridized carbons (Fsp3) is 0.529. The Labute approximate surface area is 150 Å². The van der Waals surface area contributed by atoms with Gasteiger partial charge in [0, 0.05) is 19.7 Å². The number of carbonyl (C=O) groups excluding carboxylic acids is 1. The largest absolute Gasteiger partial charge is 0.376 e. The molecule has 7 nitrogen and oxygen atoms in total. The van der Waals surface area contributed by atoms with Gasteiger partial charge < -0.3 is 9.64 Å². The SMILES string of the molecule is O=C(CSc1nnnn1C[C@H]1CCCO1)N1CCc2ccccc2C1. The highest BCUT2D eigenvalue weighted by molar-refractivity contribution is 7.99. The Morgan fingerprint density at radius 1 is 1.32 bits per heavy atom. The van der Waals surface area contributed by atoms with Gasteiger partial charge in [-0.15, -0.1) is 5.10 Å². The Balaban J connectivity index is 1.33. The number of aromatic nitrogens is 4. The molecule has 1 aromatic carbocycles. The molecule has 2 aliphatic heterocycles. The van der Waals surface area contributed by atoms with Crippen molar-refractivity contribution in [3.63, 3.8) is 0 Å². The van der Waals surface area contributed by atoms with Crippen LogP contribution in [0.2, 0.25) is 0 Å². The van der Waals surface area contributed by atoms with Gasteiger partial charge in [-0.05, 0) is 40.8 Å². The van der Waals surface area contributed by atoms with Crippen molar-refractivity contribution < 1.29 is 9.53 Å². The topological polar surface area (TPSA) is 73.1 Å². The van der Waals surface area contributed by atoms with Crippen LogP contribution in [0.15, 0.2) is 29.4 Å². The average molecular weight is 359 g/mol. The van der Waals surface area contributed by atoms with E-state index in [1.165, 1.54) is 22.9 Å². The van der Waals surface area contributed by atoms with Crippen molar-refractivity contribution in [3.05, 3.63) is 35.4 Å². The number of fused-ring (bicyclic) bond motifs is 1. The Morgan fingerprint density at radius 3 is 3.04 bits per heavy atom. The molecule has 132 valence electrons. The highest BCUT2D eigenvalue weighted by atomic mass is 32.2. The molecular formula is C17H21N5O2S. The summed E-state index contributed by atoms with van der Waals surface area (Å²) >= 11 is 1.40. The molecule has 4 rings (SSSR count). The first-order valence-corrected chi connectivity index (χ1v) is 9.63. The summed E-state index contributed by atoms with van der Waals surface area (Å²) in [4.78, 5) is 14.5. The number of carbonyl (C=O) groups is 1. The zero-order chi connectivity index (χ0) is 17.1. The molecule has 1 amide bonds. The Bertz CT molecular complexity index is 744. The number of benzene rings is 1. The summed E-state index contributed by atoms with van der Waals surface area (Å²) in [6.45, 7) is 2.93. The second kappa shape index (κ2) is 7.53. The molecular weight excluding hydrogens is 338 g/mol. The summed E-state index contributed by atoms with van der Waals surface area (Å²) in [5.41, 5.74) is 2.59. The van der Waals surface area contributed by atoms with E-state index in [0.717, 1.165) is 32.4 Å². The maximum Gasteiger partial charge on any atom is 0.233 e. The van der Waals surface area contributed by atoms with E-state index >= 15 is 0 Å². The lowest BCUT2D eigenvalue weighted by Gasteiger charge is -2.28. The van der Waals surface area contributed by atoms with Crippen LogP contribution in [0.4, 0.5) is 0 Å². The van der Waals surface area contributed by atoms with Crippen LogP contribution in [0.1, 0.15) is 24.0 Å². The van der Waals surface area contributed by atoms with Crippen LogP contribution in [0, 0.1) is 0 Å². The molecule has 0 aliphatic carbocycles. The Hall–Kier alpha value is -1.93. The van der Waals surface area contributed by atoms with Gasteiger partial charge in [0.25, 0.3) is 0 Å². The van der Waals surface area contributed by atoms with Crippen LogP contribution in [0.25, 0.3) is 0 Å². The fourth-order valence-corrected chi connectivity index (χ4v) is 4.11. The lowest BCUT2D eigenvalue weighted by molar-refractivity contribution is -0.129. The molecule has 1 fully saturated rings. The van der Waals surface area contributed by atoms with E-state index in [4.69, 9.17) is 4.74 Å². The zero-order valence-electron chi connectivity index (χ0n) is 14.0. The molecule has 0 bridgehead atoms. The molecule has 1 saturated heterocycles. The smallest absolute Gasteiger partial charge is 0.233 e. The Morgan fingerprint density at radius 2 is 2.20 bits per heavy atom. The Kier molecular flexibility index (Phi) is 4.98. The second-order valence-corrected chi connectivity index (χ2v) is 7.34. The first-order chi connectivity index (χ1) is 12.3. The van der Waals surface area contributed by atoms with Gasteiger partial charge in [0.15, 0.2) is 0 Å². The summed E-state index contributed by atoms with van der Waals surface area (Å²) in [6.07, 6.45) is 3.22. The lowest BCUT2D eigenvalue weighted by atomic mass is 10.00. The van der Waals surface area contributed by atoms with E-state index in [9.17, 15) is 4.79 Å². The number of hydrogen-bond acceptors (Lipinski definition) is 6. The molecule has 0 spiro atoms. The molecule has 1 atom stereocenters. The molecule has 3 heterocycles. The molecule has 0 saturated carbocycles. The maximum atomic E-state index is 12.6. The van der Waals surface area contributed by atoms with Gasteiger partial charge >= 0.3 is 0 Å². The summed E-state index contributed by atoms with van der Waals surface area (Å²) in [7, 11) is 0. The monoisotopic (exact) mass is 359 g/mol. The van der Waals surface area contributed by atoms with Gasteiger partial charge in [-0.3, -0.25) is 4.79 Å². The van der Waals surface area contributed by atoms with Crippen LogP contribution >= 0.6 is 11.8 Å². The van der Waals surface area contributed by atoms with Crippen molar-refractivity contribution in [1.82, 2.24) is 25.1 Å². The number of ether oxygens (including phenoxy) is 1. The third-order valence-corrected chi connectivity index (χ3v) is 5.65. The van der Waals surface area contributed by atoms with Gasteiger partial charge in [-0.25, -0.2) is 4.68 Å². The van der Waals surface area contributed by atoms with Crippen molar-refractivity contribution >= 4 is 17.7 Å². The van der Waals surface area contributed by atoms with Crippen molar-refractivity contribution in [2.24, 2.45) is 0 Å². The van der Waals surface area contributed by atoms with Crippen LogP contribution in [-0.2, 0) is 29.0 Å². The third-order valence-electron chi connectivity index (χ3n) is 4.71. The van der Waals surface area contributed by atoms with Crippen molar-refractivity contribution in [2.75, 3.05) is 18.9 Å². The van der Waals surface area contributed by atoms with Gasteiger partial charge in [-0.1, -0.05) is 36.0 Å². The minimum atomic E-state index is 0.131. The summed E-state index contributed by atoms with van der Waals surface area (Å²) in [6, 6.07) is 8.33. The quantitative estimate of drug-likeness (QED) is 0.754. The van der Waals surface area contributed by atoms with Crippen LogP contribution in [0.3, 0.4) is 0 Å². The van der Waals surface area contributed by atoms with E-state index in [-0.39, 0.29) is 12.0 Å². The maximum absolute atomic E-state index is 12.6. The first kappa shape index (κ1) is 16.5. The molecule has 8 heteroatoms. The predicted octanol–water partition coefficient (Wildman–Crippen LogP) is 1.53. The first-order valence-electron chi connectivity index (χ1n) is 8.65. The van der Waals surface area contributed by atoms with E-state index in [0.29, 0.717) is 24.0 Å². The minimum Gasteiger partial charge on any atom is -0.376 e. The van der Waals surface area contributed by atoms with Crippen LogP contribution in [-0.4, -0.2) is 56.0 Å². The number of nitrogens with zero attached hydrogens (tertiary/aromatic N) is 5. The molecule has 1 aromatic heterocycles. The van der Waals surface area contributed by atoms with Crippen LogP contribution < -0.4 is 0 Å². The molecule has 0 unspecified atom stereocenters. The summed E-state index contributed by atoms with van der Waals surface area (Å²) in [5.74, 6) is 0.486. The van der Waals surface area contributed by atoms with Crippen LogP contribution in [0.5, 0.6) is 0 Å². The third kappa shape index (κ3) is 3.85. The summed E-state index contributed by atoms with van der Waals surface area (Å²) in [5, 5.41) is 12.5. The number of hydrogen-bond donors (Lipinski definition) is 0. The molecule has 2 aromatic rings. The number of thioether (sulfide) groups is 1. The van der Waals surface area contributed by atoms with E-state index in [1.54, 1.807) is 4.68 Å². The van der Waals surface area contributed by atoms with Crippen molar-refractivity contribution in [2.45, 2.75) is 43.6 Å². The average Bonchev–Trinajstić information content (AvgIpc) is 3.32. The lowest BCUT2D eigenvalue weighted by Crippen LogP contribution is -2.37. The zero-order valence-corrected chi connectivity index (χ0v) is 14.8. The number of tetrazole rings is 1. The normalized spacial score (nSPS) is 19.8. The van der Waals surface area contributed by atoms with E-state index in [2.05, 4.69) is 33.7 Å². The second-order valence-electron chi connectivity index (χ2n) is 6.40. The highest BCUT2D eigenvalue weighted by Gasteiger charge is 2.22. The molecule has 0 N–H and O–H groups in total. The van der Waals surface area contributed by atoms with E-state index < -0.39 is 0 Å².